The Balaban J connectivity index is 1.39. The number of aromatic nitrogens is 5. The minimum Gasteiger partial charge on any atom is -0.355 e. The summed E-state index contributed by atoms with van der Waals surface area (Å²) in [5.41, 5.74) is 0. The molecule has 0 aliphatic carbocycles. The minimum absolute atomic E-state index is 0.0199. The van der Waals surface area contributed by atoms with Crippen molar-refractivity contribution in [2.75, 3.05) is 36.4 Å². The molecule has 3 aromatic heterocycles. The molecule has 0 radical (unpaired) electrons. The standard InChI is InChI=1S/C15H18N8OS/c1-11(13(24)19-15-17-4-9-25-15)21-5-7-22(8-6-21)12-2-3-16-14-20-18-10-23(12)14/h2-4,9-11H,5-8H2,1H3,(H,17,19,24)/t11-/m0/s1. The van der Waals surface area contributed by atoms with E-state index in [-0.39, 0.29) is 11.9 Å². The lowest BCUT2D eigenvalue weighted by atomic mass is 10.2. The van der Waals surface area contributed by atoms with E-state index < -0.39 is 0 Å². The molecule has 1 N–H and O–H groups in total. The van der Waals surface area contributed by atoms with Crippen LogP contribution in [0.2, 0.25) is 0 Å². The molecule has 0 aromatic carbocycles. The third kappa shape index (κ3) is 3.17. The van der Waals surface area contributed by atoms with Crippen molar-refractivity contribution >= 4 is 34.0 Å². The molecule has 1 atom stereocenters. The lowest BCUT2D eigenvalue weighted by molar-refractivity contribution is -0.120. The fourth-order valence-electron chi connectivity index (χ4n) is 2.99. The van der Waals surface area contributed by atoms with Crippen molar-refractivity contribution in [3.8, 4) is 0 Å². The number of fused-ring (bicyclic) bond motifs is 1. The molecule has 25 heavy (non-hydrogen) atoms. The van der Waals surface area contributed by atoms with Gasteiger partial charge in [-0.05, 0) is 13.0 Å². The van der Waals surface area contributed by atoms with Gasteiger partial charge in [-0.2, -0.15) is 0 Å². The lowest BCUT2D eigenvalue weighted by Crippen LogP contribution is -2.53. The molecule has 0 unspecified atom stereocenters. The molecule has 3 aromatic rings. The SMILES string of the molecule is C[C@@H](C(=O)Nc1nccs1)N1CCN(c2ccnc3nncn23)CC1. The highest BCUT2D eigenvalue weighted by Gasteiger charge is 2.26. The van der Waals surface area contributed by atoms with Crippen molar-refractivity contribution in [2.24, 2.45) is 0 Å². The van der Waals surface area contributed by atoms with Gasteiger partial charge in [-0.15, -0.1) is 21.5 Å². The first kappa shape index (κ1) is 15.9. The van der Waals surface area contributed by atoms with Gasteiger partial charge in [-0.1, -0.05) is 0 Å². The molecule has 0 spiro atoms. The Kier molecular flexibility index (Phi) is 4.28. The number of piperazine rings is 1. The van der Waals surface area contributed by atoms with Gasteiger partial charge in [-0.25, -0.2) is 9.97 Å². The predicted molar refractivity (Wildman–Crippen MR) is 94.8 cm³/mol. The first-order valence-corrected chi connectivity index (χ1v) is 8.94. The highest BCUT2D eigenvalue weighted by atomic mass is 32.1. The topological polar surface area (TPSA) is 91.5 Å². The number of hydrogen-bond donors (Lipinski definition) is 1. The Bertz CT molecular complexity index is 855. The summed E-state index contributed by atoms with van der Waals surface area (Å²) in [6.07, 6.45) is 5.11. The van der Waals surface area contributed by atoms with Gasteiger partial charge in [0.15, 0.2) is 5.13 Å². The summed E-state index contributed by atoms with van der Waals surface area (Å²) >= 11 is 1.42. The molecule has 1 fully saturated rings. The number of nitrogens with zero attached hydrogens (tertiary/aromatic N) is 7. The highest BCUT2D eigenvalue weighted by molar-refractivity contribution is 7.13. The number of anilines is 2. The van der Waals surface area contributed by atoms with E-state index in [1.165, 1.54) is 11.3 Å². The van der Waals surface area contributed by atoms with E-state index in [0.717, 1.165) is 32.0 Å². The quantitative estimate of drug-likeness (QED) is 0.735. The van der Waals surface area contributed by atoms with Crippen molar-refractivity contribution in [3.63, 3.8) is 0 Å². The molecule has 1 aliphatic heterocycles. The van der Waals surface area contributed by atoms with E-state index >= 15 is 0 Å². The Morgan fingerprint density at radius 1 is 1.24 bits per heavy atom. The van der Waals surface area contributed by atoms with Gasteiger partial charge in [0.1, 0.15) is 12.1 Å². The van der Waals surface area contributed by atoms with Crippen LogP contribution in [0.4, 0.5) is 10.9 Å². The van der Waals surface area contributed by atoms with Crippen LogP contribution in [0.3, 0.4) is 0 Å². The van der Waals surface area contributed by atoms with Crippen molar-refractivity contribution in [1.82, 2.24) is 29.5 Å². The second-order valence-corrected chi connectivity index (χ2v) is 6.72. The van der Waals surface area contributed by atoms with Crippen molar-refractivity contribution in [1.29, 1.82) is 0 Å². The number of amides is 1. The third-order valence-electron chi connectivity index (χ3n) is 4.42. The summed E-state index contributed by atoms with van der Waals surface area (Å²) in [5, 5.41) is 13.3. The highest BCUT2D eigenvalue weighted by Crippen LogP contribution is 2.18. The van der Waals surface area contributed by atoms with Crippen LogP contribution in [-0.2, 0) is 4.79 Å². The van der Waals surface area contributed by atoms with E-state index in [1.807, 2.05) is 22.8 Å². The van der Waals surface area contributed by atoms with Gasteiger partial charge in [0.25, 0.3) is 5.78 Å². The fraction of sp³-hybridized carbons (Fsp3) is 0.400. The summed E-state index contributed by atoms with van der Waals surface area (Å²) in [6.45, 7) is 5.19. The second-order valence-electron chi connectivity index (χ2n) is 5.83. The summed E-state index contributed by atoms with van der Waals surface area (Å²) < 4.78 is 1.88. The average Bonchev–Trinajstić information content (AvgIpc) is 3.32. The summed E-state index contributed by atoms with van der Waals surface area (Å²) in [6, 6.07) is 1.77. The fourth-order valence-corrected chi connectivity index (χ4v) is 3.52. The van der Waals surface area contributed by atoms with Crippen LogP contribution in [-0.4, -0.2) is 67.6 Å². The zero-order chi connectivity index (χ0) is 17.2. The van der Waals surface area contributed by atoms with E-state index in [4.69, 9.17) is 0 Å². The van der Waals surface area contributed by atoms with Gasteiger partial charge in [0.2, 0.25) is 5.91 Å². The number of carbonyl (C=O) groups excluding carboxylic acids is 1. The average molecular weight is 358 g/mol. The molecule has 1 saturated heterocycles. The van der Waals surface area contributed by atoms with Crippen LogP contribution in [0.1, 0.15) is 6.92 Å². The van der Waals surface area contributed by atoms with Crippen LogP contribution >= 0.6 is 11.3 Å². The molecular weight excluding hydrogens is 340 g/mol. The molecule has 4 heterocycles. The zero-order valence-electron chi connectivity index (χ0n) is 13.7. The first-order chi connectivity index (χ1) is 12.2. The van der Waals surface area contributed by atoms with Gasteiger partial charge >= 0.3 is 0 Å². The van der Waals surface area contributed by atoms with Crippen LogP contribution in [0, 0.1) is 0 Å². The van der Waals surface area contributed by atoms with Crippen LogP contribution in [0.5, 0.6) is 0 Å². The number of carbonyl (C=O) groups is 1. The molecular formula is C15H18N8OS. The first-order valence-electron chi connectivity index (χ1n) is 8.06. The van der Waals surface area contributed by atoms with Gasteiger partial charge in [0.05, 0.1) is 6.04 Å². The van der Waals surface area contributed by atoms with E-state index in [1.54, 1.807) is 18.7 Å². The third-order valence-corrected chi connectivity index (χ3v) is 5.11. The summed E-state index contributed by atoms with van der Waals surface area (Å²) in [5.74, 6) is 1.60. The van der Waals surface area contributed by atoms with Crippen molar-refractivity contribution in [3.05, 3.63) is 30.2 Å². The van der Waals surface area contributed by atoms with Gasteiger partial charge < -0.3 is 10.2 Å². The van der Waals surface area contributed by atoms with Gasteiger partial charge in [0, 0.05) is 44.0 Å². The Morgan fingerprint density at radius 2 is 2.08 bits per heavy atom. The minimum atomic E-state index is -0.196. The second kappa shape index (κ2) is 6.73. The molecule has 4 rings (SSSR count). The molecule has 0 bridgehead atoms. The monoisotopic (exact) mass is 358 g/mol. The lowest BCUT2D eigenvalue weighted by Gasteiger charge is -2.38. The number of hydrogen-bond acceptors (Lipinski definition) is 8. The molecule has 10 heteroatoms. The Morgan fingerprint density at radius 3 is 2.84 bits per heavy atom. The zero-order valence-corrected chi connectivity index (χ0v) is 14.6. The molecule has 130 valence electrons. The number of nitrogens with one attached hydrogen (secondary N) is 1. The van der Waals surface area contributed by atoms with Crippen LogP contribution < -0.4 is 10.2 Å². The van der Waals surface area contributed by atoms with Crippen LogP contribution in [0.15, 0.2) is 30.2 Å². The predicted octanol–water partition coefficient (Wildman–Crippen LogP) is 0.730. The van der Waals surface area contributed by atoms with Crippen molar-refractivity contribution in [2.45, 2.75) is 13.0 Å². The maximum Gasteiger partial charge on any atom is 0.256 e. The Labute approximate surface area is 148 Å². The van der Waals surface area contributed by atoms with Crippen LogP contribution in [0.25, 0.3) is 5.78 Å². The summed E-state index contributed by atoms with van der Waals surface area (Å²) in [4.78, 5) is 25.1. The maximum atomic E-state index is 12.4. The smallest absolute Gasteiger partial charge is 0.256 e. The van der Waals surface area contributed by atoms with Crippen molar-refractivity contribution < 1.29 is 4.79 Å². The number of rotatable bonds is 4. The van der Waals surface area contributed by atoms with E-state index in [2.05, 4.69) is 35.3 Å². The molecule has 1 amide bonds. The Hall–Kier alpha value is -2.59. The maximum absolute atomic E-state index is 12.4. The van der Waals surface area contributed by atoms with Gasteiger partial charge in [-0.3, -0.25) is 14.1 Å². The van der Waals surface area contributed by atoms with E-state index in [0.29, 0.717) is 10.9 Å². The molecule has 0 saturated carbocycles. The van der Waals surface area contributed by atoms with E-state index in [9.17, 15) is 4.79 Å². The summed E-state index contributed by atoms with van der Waals surface area (Å²) in [7, 11) is 0. The molecule has 1 aliphatic rings. The molecule has 9 nitrogen and oxygen atoms in total. The normalized spacial score (nSPS) is 16.9. The largest absolute Gasteiger partial charge is 0.355 e. The number of thiazole rings is 1.